The molecule has 0 bridgehead atoms. The van der Waals surface area contributed by atoms with Crippen molar-refractivity contribution in [3.05, 3.63) is 18.2 Å². The molecule has 1 unspecified atom stereocenters. The van der Waals surface area contributed by atoms with Crippen molar-refractivity contribution < 1.29 is 19.8 Å². The minimum absolute atomic E-state index is 0.136. The van der Waals surface area contributed by atoms with E-state index in [0.29, 0.717) is 18.7 Å². The number of nitrogens with one attached hydrogen (secondary N) is 2. The number of imidazole rings is 1. The molecular formula is C11H16N4O4. The zero-order valence-electron chi connectivity index (χ0n) is 10.2. The molecule has 1 aliphatic heterocycles. The average Bonchev–Trinajstić information content (AvgIpc) is 2.99. The molecule has 2 heterocycles. The molecule has 1 aliphatic rings. The van der Waals surface area contributed by atoms with Crippen LogP contribution in [0.4, 0.5) is 4.79 Å². The van der Waals surface area contributed by atoms with E-state index in [-0.39, 0.29) is 13.0 Å². The third-order valence-corrected chi connectivity index (χ3v) is 3.03. The lowest BCUT2D eigenvalue weighted by Crippen LogP contribution is -2.48. The Hall–Kier alpha value is -2.09. The van der Waals surface area contributed by atoms with E-state index in [2.05, 4.69) is 15.3 Å². The number of amides is 2. The molecule has 2 rings (SSSR count). The van der Waals surface area contributed by atoms with Crippen LogP contribution in [0.2, 0.25) is 0 Å². The van der Waals surface area contributed by atoms with Crippen LogP contribution in [-0.4, -0.2) is 62.3 Å². The van der Waals surface area contributed by atoms with Crippen LogP contribution in [0, 0.1) is 0 Å². The quantitative estimate of drug-likeness (QED) is 0.569. The third-order valence-electron chi connectivity index (χ3n) is 3.03. The standard InChI is InChI=1S/C11H16N4O4/c16-8-1-2-15(5-8)11(19)14-9(10(17)18)3-7-4-12-6-13-7/h4,6,8-9,16H,1-3,5H2,(H,12,13)(H,14,19)(H,17,18)/t8?,9-/m1/s1. The van der Waals surface area contributed by atoms with Crippen LogP contribution in [-0.2, 0) is 11.2 Å². The summed E-state index contributed by atoms with van der Waals surface area (Å²) < 4.78 is 0. The van der Waals surface area contributed by atoms with Gasteiger partial charge in [-0.1, -0.05) is 0 Å². The fourth-order valence-corrected chi connectivity index (χ4v) is 1.98. The van der Waals surface area contributed by atoms with Gasteiger partial charge in [-0.25, -0.2) is 14.6 Å². The van der Waals surface area contributed by atoms with E-state index in [9.17, 15) is 14.7 Å². The molecule has 1 saturated heterocycles. The number of β-amino-alcohol motifs (C(OH)–C–C–N with tert-alkyl or cyclic N) is 1. The number of aromatic amines is 1. The summed E-state index contributed by atoms with van der Waals surface area (Å²) in [6.07, 6.45) is 3.10. The summed E-state index contributed by atoms with van der Waals surface area (Å²) in [5, 5.41) is 20.9. The van der Waals surface area contributed by atoms with Gasteiger partial charge in [0, 0.05) is 31.4 Å². The molecular weight excluding hydrogens is 252 g/mol. The molecule has 2 atom stereocenters. The molecule has 0 aliphatic carbocycles. The highest BCUT2D eigenvalue weighted by Crippen LogP contribution is 2.09. The van der Waals surface area contributed by atoms with Gasteiger partial charge in [-0.2, -0.15) is 0 Å². The second kappa shape index (κ2) is 5.70. The zero-order valence-corrected chi connectivity index (χ0v) is 10.2. The lowest BCUT2D eigenvalue weighted by atomic mass is 10.1. The first-order valence-electron chi connectivity index (χ1n) is 6.00. The highest BCUT2D eigenvalue weighted by molar-refractivity contribution is 5.82. The maximum atomic E-state index is 11.8. The smallest absolute Gasteiger partial charge is 0.326 e. The number of carboxylic acid groups (broad SMARTS) is 1. The topological polar surface area (TPSA) is 119 Å². The summed E-state index contributed by atoms with van der Waals surface area (Å²) in [5.74, 6) is -1.11. The van der Waals surface area contributed by atoms with Crippen LogP contribution >= 0.6 is 0 Å². The van der Waals surface area contributed by atoms with Crippen molar-refractivity contribution in [2.24, 2.45) is 0 Å². The lowest BCUT2D eigenvalue weighted by Gasteiger charge is -2.20. The molecule has 0 aromatic carbocycles. The monoisotopic (exact) mass is 268 g/mol. The number of carboxylic acids is 1. The molecule has 1 aromatic heterocycles. The second-order valence-corrected chi connectivity index (χ2v) is 4.51. The minimum Gasteiger partial charge on any atom is -0.480 e. The Morgan fingerprint density at radius 3 is 2.95 bits per heavy atom. The predicted octanol–water partition coefficient (Wildman–Crippen LogP) is -0.818. The Labute approximate surface area is 109 Å². The number of hydrogen-bond donors (Lipinski definition) is 4. The van der Waals surface area contributed by atoms with Crippen molar-refractivity contribution >= 4 is 12.0 Å². The summed E-state index contributed by atoms with van der Waals surface area (Å²) in [7, 11) is 0. The highest BCUT2D eigenvalue weighted by Gasteiger charge is 2.28. The first kappa shape index (κ1) is 13.3. The molecule has 2 amide bonds. The number of aliphatic carboxylic acids is 1. The Morgan fingerprint density at radius 2 is 2.42 bits per heavy atom. The molecule has 104 valence electrons. The van der Waals surface area contributed by atoms with Crippen molar-refractivity contribution in [1.82, 2.24) is 20.2 Å². The van der Waals surface area contributed by atoms with Crippen LogP contribution < -0.4 is 5.32 Å². The van der Waals surface area contributed by atoms with Gasteiger partial charge in [-0.15, -0.1) is 0 Å². The van der Waals surface area contributed by atoms with E-state index in [0.717, 1.165) is 0 Å². The van der Waals surface area contributed by atoms with Crippen molar-refractivity contribution in [1.29, 1.82) is 0 Å². The summed E-state index contributed by atoms with van der Waals surface area (Å²) in [6, 6.07) is -1.49. The SMILES string of the molecule is O=C(O)[C@@H](Cc1cnc[nH]1)NC(=O)N1CCC(O)C1. The van der Waals surface area contributed by atoms with E-state index >= 15 is 0 Å². The third kappa shape index (κ3) is 3.44. The maximum Gasteiger partial charge on any atom is 0.326 e. The van der Waals surface area contributed by atoms with Gasteiger partial charge in [0.15, 0.2) is 0 Å². The van der Waals surface area contributed by atoms with Gasteiger partial charge in [0.05, 0.1) is 12.4 Å². The number of likely N-dealkylation sites (tertiary alicyclic amines) is 1. The summed E-state index contributed by atoms with van der Waals surface area (Å²) in [5.41, 5.74) is 0.633. The molecule has 0 saturated carbocycles. The van der Waals surface area contributed by atoms with Gasteiger partial charge in [-0.3, -0.25) is 0 Å². The molecule has 8 nitrogen and oxygen atoms in total. The van der Waals surface area contributed by atoms with Crippen molar-refractivity contribution in [2.75, 3.05) is 13.1 Å². The second-order valence-electron chi connectivity index (χ2n) is 4.51. The zero-order chi connectivity index (χ0) is 13.8. The summed E-state index contributed by atoms with van der Waals surface area (Å²) >= 11 is 0. The lowest BCUT2D eigenvalue weighted by molar-refractivity contribution is -0.139. The largest absolute Gasteiger partial charge is 0.480 e. The number of rotatable bonds is 4. The number of urea groups is 1. The minimum atomic E-state index is -1.11. The average molecular weight is 268 g/mol. The van der Waals surface area contributed by atoms with Gasteiger partial charge in [-0.05, 0) is 6.42 Å². The van der Waals surface area contributed by atoms with E-state index in [1.54, 1.807) is 0 Å². The van der Waals surface area contributed by atoms with Crippen LogP contribution in [0.1, 0.15) is 12.1 Å². The molecule has 4 N–H and O–H groups in total. The Bertz CT molecular complexity index is 448. The summed E-state index contributed by atoms with van der Waals surface area (Å²) in [4.78, 5) is 31.0. The molecule has 19 heavy (non-hydrogen) atoms. The highest BCUT2D eigenvalue weighted by atomic mass is 16.4. The first-order valence-corrected chi connectivity index (χ1v) is 6.00. The summed E-state index contributed by atoms with van der Waals surface area (Å²) in [6.45, 7) is 0.672. The number of nitrogens with zero attached hydrogens (tertiary/aromatic N) is 2. The van der Waals surface area contributed by atoms with Gasteiger partial charge in [0.1, 0.15) is 6.04 Å². The number of carbonyl (C=O) groups excluding carboxylic acids is 1. The van der Waals surface area contributed by atoms with Crippen LogP contribution in [0.5, 0.6) is 0 Å². The number of aliphatic hydroxyl groups excluding tert-OH is 1. The Balaban J connectivity index is 1.93. The van der Waals surface area contributed by atoms with E-state index in [1.165, 1.54) is 17.4 Å². The van der Waals surface area contributed by atoms with E-state index < -0.39 is 24.1 Å². The maximum absolute atomic E-state index is 11.8. The Kier molecular flexibility index (Phi) is 4.00. The number of hydrogen-bond acceptors (Lipinski definition) is 4. The van der Waals surface area contributed by atoms with E-state index in [1.807, 2.05) is 0 Å². The van der Waals surface area contributed by atoms with Crippen molar-refractivity contribution in [3.8, 4) is 0 Å². The van der Waals surface area contributed by atoms with Gasteiger partial charge < -0.3 is 25.4 Å². The Morgan fingerprint density at radius 1 is 1.63 bits per heavy atom. The van der Waals surface area contributed by atoms with E-state index in [4.69, 9.17) is 5.11 Å². The molecule has 0 spiro atoms. The van der Waals surface area contributed by atoms with Crippen LogP contribution in [0.3, 0.4) is 0 Å². The predicted molar refractivity (Wildman–Crippen MR) is 64.4 cm³/mol. The normalized spacial score (nSPS) is 20.3. The molecule has 1 fully saturated rings. The fourth-order valence-electron chi connectivity index (χ4n) is 1.98. The van der Waals surface area contributed by atoms with Gasteiger partial charge >= 0.3 is 12.0 Å². The van der Waals surface area contributed by atoms with Crippen molar-refractivity contribution in [3.63, 3.8) is 0 Å². The molecule has 1 aromatic rings. The number of aromatic nitrogens is 2. The van der Waals surface area contributed by atoms with Crippen LogP contribution in [0.25, 0.3) is 0 Å². The molecule has 0 radical (unpaired) electrons. The van der Waals surface area contributed by atoms with Crippen molar-refractivity contribution in [2.45, 2.75) is 25.0 Å². The first-order chi connectivity index (χ1) is 9.06. The number of carbonyl (C=O) groups is 2. The van der Waals surface area contributed by atoms with Crippen LogP contribution in [0.15, 0.2) is 12.5 Å². The molecule has 8 heteroatoms. The fraction of sp³-hybridized carbons (Fsp3) is 0.545. The van der Waals surface area contributed by atoms with Gasteiger partial charge in [0.2, 0.25) is 0 Å². The number of H-pyrrole nitrogens is 1. The number of aliphatic hydroxyl groups is 1. The van der Waals surface area contributed by atoms with Gasteiger partial charge in [0.25, 0.3) is 0 Å².